The van der Waals surface area contributed by atoms with E-state index in [2.05, 4.69) is 10.6 Å². The Morgan fingerprint density at radius 1 is 1.14 bits per heavy atom. The molecule has 3 aromatic rings. The highest BCUT2D eigenvalue weighted by molar-refractivity contribution is 6.04. The average molecular weight is 392 g/mol. The van der Waals surface area contributed by atoms with E-state index in [1.54, 1.807) is 37.6 Å². The maximum Gasteiger partial charge on any atom is 0.253 e. The Morgan fingerprint density at radius 3 is 2.72 bits per heavy atom. The first-order valence-corrected chi connectivity index (χ1v) is 9.88. The van der Waals surface area contributed by atoms with Crippen LogP contribution in [0, 0.1) is 0 Å². The summed E-state index contributed by atoms with van der Waals surface area (Å²) in [6.07, 6.45) is 6.05. The Kier molecular flexibility index (Phi) is 5.51. The number of ether oxygens (including phenoxy) is 1. The Hall–Kier alpha value is -3.28. The van der Waals surface area contributed by atoms with E-state index in [-0.39, 0.29) is 24.3 Å². The molecule has 29 heavy (non-hydrogen) atoms. The number of rotatable bonds is 6. The van der Waals surface area contributed by atoms with Gasteiger partial charge in [0.2, 0.25) is 5.91 Å². The summed E-state index contributed by atoms with van der Waals surface area (Å²) in [5.41, 5.74) is 2.45. The van der Waals surface area contributed by atoms with Gasteiger partial charge in [0, 0.05) is 23.1 Å². The van der Waals surface area contributed by atoms with Crippen LogP contribution in [0.1, 0.15) is 41.6 Å². The number of fused-ring (bicyclic) bond motifs is 1. The lowest BCUT2D eigenvalue weighted by atomic mass is 10.1. The van der Waals surface area contributed by atoms with Gasteiger partial charge in [0.25, 0.3) is 5.91 Å². The SMILES string of the molecule is COc1ccc2c(CC(=O)Nc3ccccc3C(=O)NC3CCCC3)coc2c1. The van der Waals surface area contributed by atoms with Crippen LogP contribution < -0.4 is 15.4 Å². The smallest absolute Gasteiger partial charge is 0.253 e. The van der Waals surface area contributed by atoms with Crippen LogP contribution in [0.4, 0.5) is 5.69 Å². The monoisotopic (exact) mass is 392 g/mol. The molecule has 2 amide bonds. The van der Waals surface area contributed by atoms with Crippen LogP contribution in [0.3, 0.4) is 0 Å². The topological polar surface area (TPSA) is 80.6 Å². The number of hydrogen-bond donors (Lipinski definition) is 2. The maximum absolute atomic E-state index is 12.7. The number of carbonyl (C=O) groups excluding carboxylic acids is 2. The fraction of sp³-hybridized carbons (Fsp3) is 0.304. The molecule has 1 aliphatic rings. The van der Waals surface area contributed by atoms with Gasteiger partial charge in [-0.05, 0) is 37.1 Å². The molecule has 0 spiro atoms. The van der Waals surface area contributed by atoms with Crippen molar-refractivity contribution in [3.63, 3.8) is 0 Å². The fourth-order valence-electron chi connectivity index (χ4n) is 3.82. The molecule has 0 unspecified atom stereocenters. The van der Waals surface area contributed by atoms with E-state index in [0.717, 1.165) is 36.6 Å². The van der Waals surface area contributed by atoms with Crippen LogP contribution in [0.25, 0.3) is 11.0 Å². The quantitative estimate of drug-likeness (QED) is 0.656. The molecule has 1 heterocycles. The third-order valence-corrected chi connectivity index (χ3v) is 5.35. The van der Waals surface area contributed by atoms with Gasteiger partial charge in [-0.3, -0.25) is 9.59 Å². The highest BCUT2D eigenvalue weighted by Crippen LogP contribution is 2.26. The number of hydrogen-bond acceptors (Lipinski definition) is 4. The van der Waals surface area contributed by atoms with Crippen LogP contribution in [0.5, 0.6) is 5.75 Å². The molecule has 4 rings (SSSR count). The summed E-state index contributed by atoms with van der Waals surface area (Å²) in [6.45, 7) is 0. The van der Waals surface area contributed by atoms with E-state index in [1.807, 2.05) is 18.2 Å². The summed E-state index contributed by atoms with van der Waals surface area (Å²) >= 11 is 0. The first-order valence-electron chi connectivity index (χ1n) is 9.88. The molecular weight excluding hydrogens is 368 g/mol. The zero-order valence-corrected chi connectivity index (χ0v) is 16.4. The molecule has 1 aromatic heterocycles. The van der Waals surface area contributed by atoms with E-state index in [0.29, 0.717) is 22.6 Å². The summed E-state index contributed by atoms with van der Waals surface area (Å²) in [5.74, 6) is 0.350. The van der Waals surface area contributed by atoms with Crippen LogP contribution in [-0.4, -0.2) is 25.0 Å². The van der Waals surface area contributed by atoms with Crippen molar-refractivity contribution in [2.75, 3.05) is 12.4 Å². The first-order chi connectivity index (χ1) is 14.1. The van der Waals surface area contributed by atoms with Gasteiger partial charge in [0.1, 0.15) is 11.3 Å². The van der Waals surface area contributed by atoms with E-state index >= 15 is 0 Å². The van der Waals surface area contributed by atoms with Crippen molar-refractivity contribution in [2.24, 2.45) is 0 Å². The van der Waals surface area contributed by atoms with E-state index in [4.69, 9.17) is 9.15 Å². The number of benzene rings is 2. The molecule has 0 bridgehead atoms. The largest absolute Gasteiger partial charge is 0.497 e. The second-order valence-electron chi connectivity index (χ2n) is 7.35. The van der Waals surface area contributed by atoms with Crippen molar-refractivity contribution in [1.29, 1.82) is 0 Å². The molecule has 0 atom stereocenters. The van der Waals surface area contributed by atoms with Crippen LogP contribution in [-0.2, 0) is 11.2 Å². The molecule has 6 heteroatoms. The lowest BCUT2D eigenvalue weighted by Gasteiger charge is -2.15. The number of nitrogens with one attached hydrogen (secondary N) is 2. The fourth-order valence-corrected chi connectivity index (χ4v) is 3.82. The summed E-state index contributed by atoms with van der Waals surface area (Å²) in [6, 6.07) is 12.8. The highest BCUT2D eigenvalue weighted by atomic mass is 16.5. The van der Waals surface area contributed by atoms with Crippen molar-refractivity contribution in [3.8, 4) is 5.75 Å². The second kappa shape index (κ2) is 8.39. The van der Waals surface area contributed by atoms with Gasteiger partial charge in [-0.1, -0.05) is 25.0 Å². The maximum atomic E-state index is 12.7. The van der Waals surface area contributed by atoms with E-state index in [9.17, 15) is 9.59 Å². The zero-order valence-electron chi connectivity index (χ0n) is 16.4. The number of carbonyl (C=O) groups is 2. The molecule has 2 aromatic carbocycles. The molecule has 2 N–H and O–H groups in total. The van der Waals surface area contributed by atoms with E-state index in [1.165, 1.54) is 0 Å². The predicted octanol–water partition coefficient (Wildman–Crippen LogP) is 4.30. The number of amides is 2. The first kappa shape index (κ1) is 19.1. The highest BCUT2D eigenvalue weighted by Gasteiger charge is 2.20. The van der Waals surface area contributed by atoms with Crippen LogP contribution in [0.2, 0.25) is 0 Å². The Bertz CT molecular complexity index is 1030. The normalized spacial score (nSPS) is 14.1. The molecule has 1 aliphatic carbocycles. The lowest BCUT2D eigenvalue weighted by Crippen LogP contribution is -2.33. The van der Waals surface area contributed by atoms with Gasteiger partial charge in [-0.15, -0.1) is 0 Å². The van der Waals surface area contributed by atoms with Crippen molar-refractivity contribution >= 4 is 28.5 Å². The van der Waals surface area contributed by atoms with Gasteiger partial charge in [-0.25, -0.2) is 0 Å². The molecule has 6 nitrogen and oxygen atoms in total. The standard InChI is InChI=1S/C23H24N2O4/c1-28-17-10-11-18-15(14-29-21(18)13-17)12-22(26)25-20-9-5-4-8-19(20)23(27)24-16-6-2-3-7-16/h4-5,8-11,13-14,16H,2-3,6-7,12H2,1H3,(H,24,27)(H,25,26). The zero-order chi connectivity index (χ0) is 20.2. The van der Waals surface area contributed by atoms with Gasteiger partial charge in [0.15, 0.2) is 0 Å². The molecule has 0 radical (unpaired) electrons. The van der Waals surface area contributed by atoms with Crippen molar-refractivity contribution < 1.29 is 18.7 Å². The third-order valence-electron chi connectivity index (χ3n) is 5.35. The number of para-hydroxylation sites is 1. The van der Waals surface area contributed by atoms with Crippen LogP contribution >= 0.6 is 0 Å². The van der Waals surface area contributed by atoms with Crippen molar-refractivity contribution in [3.05, 3.63) is 59.9 Å². The second-order valence-corrected chi connectivity index (χ2v) is 7.35. The summed E-state index contributed by atoms with van der Waals surface area (Å²) in [4.78, 5) is 25.3. The minimum Gasteiger partial charge on any atom is -0.497 e. The summed E-state index contributed by atoms with van der Waals surface area (Å²) in [7, 11) is 1.60. The van der Waals surface area contributed by atoms with Gasteiger partial charge in [-0.2, -0.15) is 0 Å². The molecule has 0 saturated heterocycles. The summed E-state index contributed by atoms with van der Waals surface area (Å²) in [5, 5.41) is 6.82. The van der Waals surface area contributed by atoms with Crippen LogP contribution in [0.15, 0.2) is 53.1 Å². The van der Waals surface area contributed by atoms with Gasteiger partial charge >= 0.3 is 0 Å². The average Bonchev–Trinajstić information content (AvgIpc) is 3.38. The lowest BCUT2D eigenvalue weighted by molar-refractivity contribution is -0.115. The Labute approximate surface area is 169 Å². The molecule has 1 saturated carbocycles. The minimum absolute atomic E-state index is 0.145. The molecular formula is C23H24N2O4. The summed E-state index contributed by atoms with van der Waals surface area (Å²) < 4.78 is 10.8. The Balaban J connectivity index is 1.47. The molecule has 1 fully saturated rings. The number of anilines is 1. The van der Waals surface area contributed by atoms with Gasteiger partial charge < -0.3 is 19.8 Å². The third kappa shape index (κ3) is 4.26. The van der Waals surface area contributed by atoms with Crippen molar-refractivity contribution in [2.45, 2.75) is 38.1 Å². The molecule has 150 valence electrons. The minimum atomic E-state index is -0.204. The predicted molar refractivity (Wildman–Crippen MR) is 111 cm³/mol. The van der Waals surface area contributed by atoms with E-state index < -0.39 is 0 Å². The van der Waals surface area contributed by atoms with Crippen molar-refractivity contribution in [1.82, 2.24) is 5.32 Å². The number of furan rings is 1. The number of methoxy groups -OCH3 is 1. The molecule has 0 aliphatic heterocycles. The Morgan fingerprint density at radius 2 is 1.93 bits per heavy atom. The van der Waals surface area contributed by atoms with Gasteiger partial charge in [0.05, 0.1) is 31.0 Å².